The van der Waals surface area contributed by atoms with Crippen molar-refractivity contribution in [1.29, 1.82) is 0 Å². The maximum absolute atomic E-state index is 13.8. The largest absolute Gasteiger partial charge is 0.389 e. The molecule has 0 unspecified atom stereocenters. The van der Waals surface area contributed by atoms with Gasteiger partial charge in [0.2, 0.25) is 0 Å². The van der Waals surface area contributed by atoms with Gasteiger partial charge in [-0.15, -0.1) is 0 Å². The van der Waals surface area contributed by atoms with Gasteiger partial charge >= 0.3 is 0 Å². The van der Waals surface area contributed by atoms with Gasteiger partial charge in [0.1, 0.15) is 5.82 Å². The van der Waals surface area contributed by atoms with Crippen molar-refractivity contribution in [2.24, 2.45) is 5.92 Å². The van der Waals surface area contributed by atoms with Crippen molar-refractivity contribution in [3.05, 3.63) is 29.6 Å². The van der Waals surface area contributed by atoms with Gasteiger partial charge in [0, 0.05) is 38.1 Å². The highest BCUT2D eigenvalue weighted by molar-refractivity contribution is 5.55. The number of anilines is 1. The van der Waals surface area contributed by atoms with E-state index in [0.717, 1.165) is 38.2 Å². The summed E-state index contributed by atoms with van der Waals surface area (Å²) in [5.41, 5.74) is 1.23. The third kappa shape index (κ3) is 3.25. The molecule has 0 radical (unpaired) electrons. The number of hydrogen-bond donors (Lipinski definition) is 1. The summed E-state index contributed by atoms with van der Waals surface area (Å²) in [6.07, 6.45) is 1.31. The maximum atomic E-state index is 13.8. The van der Waals surface area contributed by atoms with Crippen LogP contribution in [0.15, 0.2) is 18.2 Å². The molecule has 1 saturated heterocycles. The second-order valence-corrected chi connectivity index (χ2v) is 5.23. The van der Waals surface area contributed by atoms with Crippen molar-refractivity contribution in [2.75, 3.05) is 31.7 Å². The van der Waals surface area contributed by atoms with Crippen LogP contribution in [-0.2, 0) is 4.74 Å². The van der Waals surface area contributed by atoms with Crippen LogP contribution in [-0.4, -0.2) is 31.9 Å². The van der Waals surface area contributed by atoms with E-state index in [-0.39, 0.29) is 5.82 Å². The Kier molecular flexibility index (Phi) is 4.77. The average Bonchev–Trinajstić information content (AvgIpc) is 2.39. The molecule has 0 bridgehead atoms. The fourth-order valence-electron chi connectivity index (χ4n) is 2.79. The molecule has 1 N–H and O–H groups in total. The predicted molar refractivity (Wildman–Crippen MR) is 73.8 cm³/mol. The molecule has 0 aliphatic carbocycles. The number of hydrogen-bond acceptors (Lipinski definition) is 3. The third-order valence-corrected chi connectivity index (χ3v) is 3.81. The van der Waals surface area contributed by atoms with Crippen molar-refractivity contribution in [2.45, 2.75) is 25.9 Å². The van der Waals surface area contributed by atoms with Crippen LogP contribution in [0.4, 0.5) is 10.1 Å². The van der Waals surface area contributed by atoms with E-state index in [1.807, 2.05) is 6.07 Å². The van der Waals surface area contributed by atoms with Crippen LogP contribution in [0.25, 0.3) is 0 Å². The molecule has 3 nitrogen and oxygen atoms in total. The Morgan fingerprint density at radius 3 is 2.68 bits per heavy atom. The summed E-state index contributed by atoms with van der Waals surface area (Å²) in [5, 5.41) is 9.77. The molecule has 106 valence electrons. The Bertz CT molecular complexity index is 415. The molecule has 1 aliphatic rings. The Morgan fingerprint density at radius 1 is 1.42 bits per heavy atom. The topological polar surface area (TPSA) is 32.7 Å². The van der Waals surface area contributed by atoms with Gasteiger partial charge in [0.15, 0.2) is 0 Å². The van der Waals surface area contributed by atoms with Crippen molar-refractivity contribution in [3.8, 4) is 0 Å². The summed E-state index contributed by atoms with van der Waals surface area (Å²) < 4.78 is 19.0. The second-order valence-electron chi connectivity index (χ2n) is 5.23. The van der Waals surface area contributed by atoms with E-state index >= 15 is 0 Å². The molecule has 0 amide bonds. The predicted octanol–water partition coefficient (Wildman–Crippen LogP) is 2.74. The lowest BCUT2D eigenvalue weighted by atomic mass is 9.96. The molecule has 1 heterocycles. The number of piperidine rings is 1. The van der Waals surface area contributed by atoms with Crippen LogP contribution < -0.4 is 4.90 Å². The molecule has 0 aromatic heterocycles. The first kappa shape index (κ1) is 14.3. The minimum atomic E-state index is -0.784. The SMILES string of the molecule is COCC1CCN(c2cccc(F)c2[C@H](C)O)CC1. The van der Waals surface area contributed by atoms with E-state index in [1.165, 1.54) is 6.07 Å². The first-order valence-electron chi connectivity index (χ1n) is 6.83. The standard InChI is InChI=1S/C15H22FNO2/c1-11(18)15-13(16)4-3-5-14(15)17-8-6-12(7-9-17)10-19-2/h3-5,11-12,18H,6-10H2,1-2H3/t11-/m0/s1. The van der Waals surface area contributed by atoms with Gasteiger partial charge in [0.25, 0.3) is 0 Å². The Labute approximate surface area is 114 Å². The number of nitrogens with zero attached hydrogens (tertiary/aromatic N) is 1. The van der Waals surface area contributed by atoms with Crippen LogP contribution in [0, 0.1) is 11.7 Å². The lowest BCUT2D eigenvalue weighted by molar-refractivity contribution is 0.139. The molecule has 0 saturated carbocycles. The summed E-state index contributed by atoms with van der Waals surface area (Å²) in [6.45, 7) is 4.17. The van der Waals surface area contributed by atoms with Crippen molar-refractivity contribution < 1.29 is 14.2 Å². The lowest BCUT2D eigenvalue weighted by Crippen LogP contribution is -2.35. The molecule has 1 fully saturated rings. The first-order valence-corrected chi connectivity index (χ1v) is 6.83. The molecule has 1 atom stereocenters. The summed E-state index contributed by atoms with van der Waals surface area (Å²) in [7, 11) is 1.73. The van der Waals surface area contributed by atoms with Crippen molar-refractivity contribution in [3.63, 3.8) is 0 Å². The van der Waals surface area contributed by atoms with Gasteiger partial charge in [-0.2, -0.15) is 0 Å². The molecule has 1 aromatic rings. The summed E-state index contributed by atoms with van der Waals surface area (Å²) in [6, 6.07) is 5.00. The molecular formula is C15H22FNO2. The van der Waals surface area contributed by atoms with Crippen LogP contribution in [0.5, 0.6) is 0 Å². The molecular weight excluding hydrogens is 245 g/mol. The Morgan fingerprint density at radius 2 is 2.11 bits per heavy atom. The molecule has 19 heavy (non-hydrogen) atoms. The number of methoxy groups -OCH3 is 1. The molecule has 1 aliphatic heterocycles. The van der Waals surface area contributed by atoms with Gasteiger partial charge in [-0.05, 0) is 37.8 Å². The number of rotatable bonds is 4. The highest BCUT2D eigenvalue weighted by Crippen LogP contribution is 2.31. The lowest BCUT2D eigenvalue weighted by Gasteiger charge is -2.35. The molecule has 0 spiro atoms. The first-order chi connectivity index (χ1) is 9.13. The number of benzene rings is 1. The molecule has 4 heteroatoms. The van der Waals surface area contributed by atoms with E-state index in [9.17, 15) is 9.50 Å². The average molecular weight is 267 g/mol. The third-order valence-electron chi connectivity index (χ3n) is 3.81. The van der Waals surface area contributed by atoms with Crippen LogP contribution >= 0.6 is 0 Å². The van der Waals surface area contributed by atoms with Crippen molar-refractivity contribution >= 4 is 5.69 Å². The van der Waals surface area contributed by atoms with Gasteiger partial charge < -0.3 is 14.7 Å². The van der Waals surface area contributed by atoms with Crippen LogP contribution in [0.1, 0.15) is 31.4 Å². The quantitative estimate of drug-likeness (QED) is 0.910. The zero-order chi connectivity index (χ0) is 13.8. The molecule has 1 aromatic carbocycles. The van der Waals surface area contributed by atoms with E-state index in [1.54, 1.807) is 20.1 Å². The summed E-state index contributed by atoms with van der Waals surface area (Å²) >= 11 is 0. The Hall–Kier alpha value is -1.13. The van der Waals surface area contributed by atoms with Gasteiger partial charge in [-0.25, -0.2) is 4.39 Å². The number of ether oxygens (including phenoxy) is 1. The second kappa shape index (κ2) is 6.35. The highest BCUT2D eigenvalue weighted by Gasteiger charge is 2.23. The fraction of sp³-hybridized carbons (Fsp3) is 0.600. The minimum absolute atomic E-state index is 0.327. The normalized spacial score (nSPS) is 18.6. The minimum Gasteiger partial charge on any atom is -0.389 e. The van der Waals surface area contributed by atoms with E-state index in [0.29, 0.717) is 11.5 Å². The van der Waals surface area contributed by atoms with Gasteiger partial charge in [0.05, 0.1) is 6.10 Å². The van der Waals surface area contributed by atoms with Gasteiger partial charge in [-0.3, -0.25) is 0 Å². The van der Waals surface area contributed by atoms with E-state index < -0.39 is 6.10 Å². The summed E-state index contributed by atoms with van der Waals surface area (Å²) in [4.78, 5) is 2.16. The fourth-order valence-corrected chi connectivity index (χ4v) is 2.79. The van der Waals surface area contributed by atoms with Gasteiger partial charge in [-0.1, -0.05) is 6.07 Å². The zero-order valence-electron chi connectivity index (χ0n) is 11.6. The summed E-state index contributed by atoms with van der Waals surface area (Å²) in [5.74, 6) is 0.260. The highest BCUT2D eigenvalue weighted by atomic mass is 19.1. The number of aliphatic hydroxyl groups is 1. The zero-order valence-corrected chi connectivity index (χ0v) is 11.6. The van der Waals surface area contributed by atoms with Crippen LogP contribution in [0.3, 0.4) is 0 Å². The molecule has 2 rings (SSSR count). The Balaban J connectivity index is 2.13. The van der Waals surface area contributed by atoms with E-state index in [2.05, 4.69) is 4.90 Å². The van der Waals surface area contributed by atoms with Crippen LogP contribution in [0.2, 0.25) is 0 Å². The monoisotopic (exact) mass is 267 g/mol. The number of halogens is 1. The smallest absolute Gasteiger partial charge is 0.131 e. The van der Waals surface area contributed by atoms with Crippen molar-refractivity contribution in [1.82, 2.24) is 0 Å². The van der Waals surface area contributed by atoms with E-state index in [4.69, 9.17) is 4.74 Å². The maximum Gasteiger partial charge on any atom is 0.131 e. The number of aliphatic hydroxyl groups excluding tert-OH is 1.